The first-order valence-corrected chi connectivity index (χ1v) is 12.5. The van der Waals surface area contributed by atoms with E-state index < -0.39 is 0 Å². The van der Waals surface area contributed by atoms with Crippen molar-refractivity contribution < 1.29 is 14.3 Å². The maximum Gasteiger partial charge on any atom is 0.259 e. The summed E-state index contributed by atoms with van der Waals surface area (Å²) in [5.41, 5.74) is 4.06. The molecule has 0 saturated carbocycles. The highest BCUT2D eigenvalue weighted by atomic mass is 79.9. The van der Waals surface area contributed by atoms with Crippen LogP contribution in [0.25, 0.3) is 0 Å². The Morgan fingerprint density at radius 1 is 0.912 bits per heavy atom. The SMILES string of the molecule is COc1c(Br)cc(Br)cc1C(=O)Nc1ccc(N2CCN(C(=O)c3ccc(C)cc3)CC2)cc1. The van der Waals surface area contributed by atoms with Crippen LogP contribution in [0.5, 0.6) is 5.75 Å². The Bertz CT molecular complexity index is 1190. The smallest absolute Gasteiger partial charge is 0.259 e. The third-order valence-electron chi connectivity index (χ3n) is 5.81. The average Bonchev–Trinajstić information content (AvgIpc) is 2.84. The first kappa shape index (κ1) is 24.3. The van der Waals surface area contributed by atoms with E-state index in [9.17, 15) is 9.59 Å². The monoisotopic (exact) mass is 585 g/mol. The Kier molecular flexibility index (Phi) is 7.58. The highest BCUT2D eigenvalue weighted by Gasteiger charge is 2.22. The van der Waals surface area contributed by atoms with Crippen LogP contribution in [0.4, 0.5) is 11.4 Å². The van der Waals surface area contributed by atoms with Crippen molar-refractivity contribution in [1.82, 2.24) is 4.90 Å². The van der Waals surface area contributed by atoms with Crippen LogP contribution in [0, 0.1) is 6.92 Å². The Morgan fingerprint density at radius 3 is 2.18 bits per heavy atom. The highest BCUT2D eigenvalue weighted by Crippen LogP contribution is 2.33. The van der Waals surface area contributed by atoms with Crippen molar-refractivity contribution in [1.29, 1.82) is 0 Å². The number of anilines is 2. The summed E-state index contributed by atoms with van der Waals surface area (Å²) in [5.74, 6) is 0.303. The molecule has 0 spiro atoms. The van der Waals surface area contributed by atoms with Crippen molar-refractivity contribution in [3.05, 3.63) is 86.3 Å². The molecule has 1 aliphatic rings. The highest BCUT2D eigenvalue weighted by molar-refractivity contribution is 9.11. The maximum absolute atomic E-state index is 12.8. The van der Waals surface area contributed by atoms with Gasteiger partial charge in [-0.2, -0.15) is 0 Å². The van der Waals surface area contributed by atoms with Gasteiger partial charge >= 0.3 is 0 Å². The Balaban J connectivity index is 1.37. The zero-order valence-corrected chi connectivity index (χ0v) is 22.1. The molecule has 1 saturated heterocycles. The van der Waals surface area contributed by atoms with Crippen LogP contribution in [-0.4, -0.2) is 50.0 Å². The van der Waals surface area contributed by atoms with Gasteiger partial charge in [0.15, 0.2) is 0 Å². The van der Waals surface area contributed by atoms with Crippen LogP contribution < -0.4 is 15.0 Å². The van der Waals surface area contributed by atoms with Gasteiger partial charge in [0.2, 0.25) is 0 Å². The summed E-state index contributed by atoms with van der Waals surface area (Å²) in [4.78, 5) is 29.7. The largest absolute Gasteiger partial charge is 0.495 e. The van der Waals surface area contributed by atoms with Gasteiger partial charge in [-0.3, -0.25) is 9.59 Å². The molecule has 2 amide bonds. The summed E-state index contributed by atoms with van der Waals surface area (Å²) in [6.45, 7) is 4.87. The molecule has 1 aliphatic heterocycles. The van der Waals surface area contributed by atoms with Crippen LogP contribution in [0.15, 0.2) is 69.6 Å². The lowest BCUT2D eigenvalue weighted by Crippen LogP contribution is -2.48. The van der Waals surface area contributed by atoms with Gasteiger partial charge < -0.3 is 19.9 Å². The first-order valence-electron chi connectivity index (χ1n) is 10.9. The lowest BCUT2D eigenvalue weighted by atomic mass is 10.1. The van der Waals surface area contributed by atoms with Gasteiger partial charge in [-0.05, 0) is 71.4 Å². The molecular formula is C26H25Br2N3O3. The Labute approximate surface area is 216 Å². The predicted octanol–water partition coefficient (Wildman–Crippen LogP) is 5.74. The summed E-state index contributed by atoms with van der Waals surface area (Å²) in [5, 5.41) is 2.93. The molecule has 0 aromatic heterocycles. The third kappa shape index (κ3) is 5.45. The normalized spacial score (nSPS) is 13.5. The number of benzene rings is 3. The first-order chi connectivity index (χ1) is 16.4. The summed E-state index contributed by atoms with van der Waals surface area (Å²) in [7, 11) is 1.54. The fourth-order valence-electron chi connectivity index (χ4n) is 3.94. The summed E-state index contributed by atoms with van der Waals surface area (Å²) in [6, 6.07) is 19.0. The topological polar surface area (TPSA) is 61.9 Å². The van der Waals surface area contributed by atoms with E-state index in [0.717, 1.165) is 34.4 Å². The molecule has 176 valence electrons. The number of rotatable bonds is 5. The van der Waals surface area contributed by atoms with Crippen LogP contribution in [0.1, 0.15) is 26.3 Å². The second kappa shape index (κ2) is 10.6. The minimum absolute atomic E-state index is 0.0762. The second-order valence-corrected chi connectivity index (χ2v) is 9.88. The van der Waals surface area contributed by atoms with Gasteiger partial charge in [0, 0.05) is 47.6 Å². The van der Waals surface area contributed by atoms with Crippen molar-refractivity contribution >= 4 is 55.0 Å². The number of piperazine rings is 1. The summed E-state index contributed by atoms with van der Waals surface area (Å²) < 4.78 is 6.86. The molecule has 1 N–H and O–H groups in total. The molecule has 3 aromatic rings. The van der Waals surface area contributed by atoms with Crippen molar-refractivity contribution in [3.63, 3.8) is 0 Å². The lowest BCUT2D eigenvalue weighted by molar-refractivity contribution is 0.0746. The molecule has 0 bridgehead atoms. The maximum atomic E-state index is 12.8. The standard InChI is InChI=1S/C26H25Br2N3O3/c1-17-3-5-18(6-4-17)26(33)31-13-11-30(12-14-31)21-9-7-20(8-10-21)29-25(32)22-15-19(27)16-23(28)24(22)34-2/h3-10,15-16H,11-14H2,1-2H3,(H,29,32). The Morgan fingerprint density at radius 2 is 1.56 bits per heavy atom. The van der Waals surface area contributed by atoms with Crippen LogP contribution in [0.3, 0.4) is 0 Å². The molecular weight excluding hydrogens is 562 g/mol. The number of nitrogens with zero attached hydrogens (tertiary/aromatic N) is 2. The van der Waals surface area contributed by atoms with E-state index in [2.05, 4.69) is 42.1 Å². The summed E-state index contributed by atoms with van der Waals surface area (Å²) >= 11 is 6.85. The van der Waals surface area contributed by atoms with E-state index in [1.165, 1.54) is 7.11 Å². The molecule has 4 rings (SSSR count). The second-order valence-electron chi connectivity index (χ2n) is 8.11. The van der Waals surface area contributed by atoms with Gasteiger partial charge in [0.1, 0.15) is 5.75 Å². The van der Waals surface area contributed by atoms with Crippen molar-refractivity contribution in [3.8, 4) is 5.75 Å². The molecule has 0 unspecified atom stereocenters. The van der Waals surface area contributed by atoms with Gasteiger partial charge in [0.25, 0.3) is 11.8 Å². The zero-order valence-electron chi connectivity index (χ0n) is 19.0. The van der Waals surface area contributed by atoms with Crippen LogP contribution in [0.2, 0.25) is 0 Å². The number of ether oxygens (including phenoxy) is 1. The molecule has 0 atom stereocenters. The van der Waals surface area contributed by atoms with Gasteiger partial charge in [-0.1, -0.05) is 33.6 Å². The van der Waals surface area contributed by atoms with Gasteiger partial charge in [0.05, 0.1) is 17.1 Å². The van der Waals surface area contributed by atoms with Crippen LogP contribution >= 0.6 is 31.9 Å². The van der Waals surface area contributed by atoms with Crippen LogP contribution in [-0.2, 0) is 0 Å². The number of halogens is 2. The molecule has 0 radical (unpaired) electrons. The summed E-state index contributed by atoms with van der Waals surface area (Å²) in [6.07, 6.45) is 0. The zero-order chi connectivity index (χ0) is 24.2. The van der Waals surface area contributed by atoms with Gasteiger partial charge in [-0.15, -0.1) is 0 Å². The number of amides is 2. The van der Waals surface area contributed by atoms with E-state index in [-0.39, 0.29) is 11.8 Å². The van der Waals surface area contributed by atoms with Crippen molar-refractivity contribution in [2.75, 3.05) is 43.5 Å². The fourth-order valence-corrected chi connectivity index (χ4v) is 5.32. The van der Waals surface area contributed by atoms with Crippen molar-refractivity contribution in [2.45, 2.75) is 6.92 Å². The average molecular weight is 587 g/mol. The molecule has 34 heavy (non-hydrogen) atoms. The number of hydrogen-bond acceptors (Lipinski definition) is 4. The molecule has 0 aliphatic carbocycles. The minimum Gasteiger partial charge on any atom is -0.495 e. The Hall–Kier alpha value is -2.84. The van der Waals surface area contributed by atoms with Gasteiger partial charge in [-0.25, -0.2) is 0 Å². The quantitative estimate of drug-likeness (QED) is 0.414. The van der Waals surface area contributed by atoms with E-state index in [1.54, 1.807) is 6.07 Å². The number of carbonyl (C=O) groups is 2. The number of carbonyl (C=O) groups excluding carboxylic acids is 2. The number of methoxy groups -OCH3 is 1. The minimum atomic E-state index is -0.255. The number of aryl methyl sites for hydroxylation is 1. The lowest BCUT2D eigenvalue weighted by Gasteiger charge is -2.36. The number of nitrogens with one attached hydrogen (secondary N) is 1. The predicted molar refractivity (Wildman–Crippen MR) is 142 cm³/mol. The third-order valence-corrected chi connectivity index (χ3v) is 6.86. The fraction of sp³-hybridized carbons (Fsp3) is 0.231. The van der Waals surface area contributed by atoms with Crippen molar-refractivity contribution in [2.24, 2.45) is 0 Å². The van der Waals surface area contributed by atoms with E-state index in [0.29, 0.717) is 34.6 Å². The van der Waals surface area contributed by atoms with E-state index >= 15 is 0 Å². The molecule has 8 heteroatoms. The molecule has 6 nitrogen and oxygen atoms in total. The van der Waals surface area contributed by atoms with E-state index in [4.69, 9.17) is 4.74 Å². The molecule has 1 fully saturated rings. The molecule has 1 heterocycles. The molecule has 3 aromatic carbocycles. The number of hydrogen-bond donors (Lipinski definition) is 1. The van der Waals surface area contributed by atoms with E-state index in [1.807, 2.05) is 66.4 Å².